The van der Waals surface area contributed by atoms with Crippen LogP contribution in [0.2, 0.25) is 0 Å². The van der Waals surface area contributed by atoms with Gasteiger partial charge < -0.3 is 9.88 Å². The van der Waals surface area contributed by atoms with Gasteiger partial charge in [-0.15, -0.1) is 0 Å². The van der Waals surface area contributed by atoms with E-state index < -0.39 is 0 Å². The third-order valence-electron chi connectivity index (χ3n) is 3.03. The molecule has 5 heteroatoms. The number of hydrogen-bond acceptors (Lipinski definition) is 4. The number of aromatic amines is 1. The Balaban J connectivity index is 2.52. The summed E-state index contributed by atoms with van der Waals surface area (Å²) in [4.78, 5) is 18.1. The van der Waals surface area contributed by atoms with Crippen LogP contribution >= 0.6 is 0 Å². The molecular formula is C14H19N5. The Hall–Kier alpha value is -2.17. The number of aliphatic imine (C=N–C) groups is 1. The molecule has 0 aliphatic carbocycles. The lowest BCUT2D eigenvalue weighted by Gasteiger charge is -2.16. The molecular weight excluding hydrogens is 238 g/mol. The molecule has 0 aromatic carbocycles. The van der Waals surface area contributed by atoms with Crippen LogP contribution in [0.15, 0.2) is 29.8 Å². The zero-order valence-corrected chi connectivity index (χ0v) is 11.6. The van der Waals surface area contributed by atoms with Crippen LogP contribution in [-0.2, 0) is 0 Å². The fraction of sp³-hybridized carbons (Fsp3) is 0.357. The predicted molar refractivity (Wildman–Crippen MR) is 79.2 cm³/mol. The summed E-state index contributed by atoms with van der Waals surface area (Å²) in [5, 5.41) is 1.01. The molecule has 2 heterocycles. The van der Waals surface area contributed by atoms with Crippen molar-refractivity contribution in [3.8, 4) is 0 Å². The molecule has 0 saturated carbocycles. The van der Waals surface area contributed by atoms with E-state index in [0.717, 1.165) is 35.4 Å². The summed E-state index contributed by atoms with van der Waals surface area (Å²) in [6, 6.07) is 1.99. The average molecular weight is 257 g/mol. The van der Waals surface area contributed by atoms with E-state index in [2.05, 4.69) is 44.9 Å². The smallest absolute Gasteiger partial charge is 0.141 e. The Morgan fingerprint density at radius 1 is 1.37 bits per heavy atom. The number of rotatable bonds is 5. The minimum atomic E-state index is 0.847. The zero-order valence-electron chi connectivity index (χ0n) is 11.6. The Morgan fingerprint density at radius 2 is 2.16 bits per heavy atom. The van der Waals surface area contributed by atoms with Gasteiger partial charge in [-0.25, -0.2) is 9.97 Å². The summed E-state index contributed by atoms with van der Waals surface area (Å²) in [6.07, 6.45) is 7.39. The Kier molecular flexibility index (Phi) is 4.28. The Morgan fingerprint density at radius 3 is 2.84 bits per heavy atom. The predicted octanol–water partition coefficient (Wildman–Crippen LogP) is 2.34. The second kappa shape index (κ2) is 6.13. The van der Waals surface area contributed by atoms with Crippen LogP contribution in [0.5, 0.6) is 0 Å². The summed E-state index contributed by atoms with van der Waals surface area (Å²) in [5.74, 6) is 0. The van der Waals surface area contributed by atoms with Gasteiger partial charge in [0.15, 0.2) is 0 Å². The lowest BCUT2D eigenvalue weighted by Crippen LogP contribution is -2.16. The lowest BCUT2D eigenvalue weighted by atomic mass is 10.1. The van der Waals surface area contributed by atoms with E-state index in [1.54, 1.807) is 13.4 Å². The number of nitrogens with one attached hydrogen (secondary N) is 1. The largest absolute Gasteiger partial charge is 0.377 e. The summed E-state index contributed by atoms with van der Waals surface area (Å²) in [6.45, 7) is 6.18. The highest BCUT2D eigenvalue weighted by atomic mass is 15.1. The molecule has 0 unspecified atom stereocenters. The maximum atomic E-state index is 4.40. The van der Waals surface area contributed by atoms with E-state index in [1.807, 2.05) is 18.5 Å². The van der Waals surface area contributed by atoms with E-state index in [1.165, 1.54) is 0 Å². The van der Waals surface area contributed by atoms with Crippen LogP contribution in [0, 0.1) is 0 Å². The normalized spacial score (nSPS) is 12.5. The van der Waals surface area contributed by atoms with Gasteiger partial charge in [0, 0.05) is 49.7 Å². The Bertz CT molecular complexity index is 593. The molecule has 0 aliphatic rings. The van der Waals surface area contributed by atoms with Crippen LogP contribution in [-0.4, -0.2) is 46.2 Å². The fourth-order valence-corrected chi connectivity index (χ4v) is 2.00. The van der Waals surface area contributed by atoms with E-state index in [4.69, 9.17) is 0 Å². The molecule has 0 atom stereocenters. The topological polar surface area (TPSA) is 57.2 Å². The number of hydrogen-bond donors (Lipinski definition) is 1. The van der Waals surface area contributed by atoms with Crippen LogP contribution < -0.4 is 0 Å². The minimum absolute atomic E-state index is 0.847. The highest BCUT2D eigenvalue weighted by Gasteiger charge is 2.09. The molecule has 1 N–H and O–H groups in total. The SMILES string of the molecule is CCN(/C=C(\C=N\C)c1ncnc2[nH]ccc12)CC. The van der Waals surface area contributed by atoms with Crippen molar-refractivity contribution in [1.82, 2.24) is 19.9 Å². The number of nitrogens with zero attached hydrogens (tertiary/aromatic N) is 4. The van der Waals surface area contributed by atoms with Crippen molar-refractivity contribution >= 4 is 22.8 Å². The van der Waals surface area contributed by atoms with E-state index in [-0.39, 0.29) is 0 Å². The minimum Gasteiger partial charge on any atom is -0.377 e. The van der Waals surface area contributed by atoms with Gasteiger partial charge in [-0.1, -0.05) is 0 Å². The summed E-state index contributed by atoms with van der Waals surface area (Å²) in [7, 11) is 1.77. The standard InChI is InChI=1S/C14H19N5/c1-4-19(5-2)9-11(8-15-3)13-12-6-7-16-14(12)18-10-17-13/h6-10H,4-5H2,1-3H3,(H,16,17,18)/b11-9+,15-8+. The van der Waals surface area contributed by atoms with Crippen molar-refractivity contribution in [1.29, 1.82) is 0 Å². The lowest BCUT2D eigenvalue weighted by molar-refractivity contribution is 0.421. The molecule has 0 fully saturated rings. The molecule has 0 saturated heterocycles. The number of aromatic nitrogens is 3. The summed E-state index contributed by atoms with van der Waals surface area (Å²) < 4.78 is 0. The molecule has 0 spiro atoms. The van der Waals surface area contributed by atoms with E-state index in [0.29, 0.717) is 0 Å². The first kappa shape index (κ1) is 13.3. The van der Waals surface area contributed by atoms with Gasteiger partial charge in [-0.2, -0.15) is 0 Å². The fourth-order valence-electron chi connectivity index (χ4n) is 2.00. The van der Waals surface area contributed by atoms with Gasteiger partial charge in [0.05, 0.1) is 5.69 Å². The van der Waals surface area contributed by atoms with Crippen molar-refractivity contribution in [3.63, 3.8) is 0 Å². The van der Waals surface area contributed by atoms with Gasteiger partial charge in [-0.05, 0) is 19.9 Å². The van der Waals surface area contributed by atoms with Crippen molar-refractivity contribution < 1.29 is 0 Å². The van der Waals surface area contributed by atoms with Gasteiger partial charge in [0.25, 0.3) is 0 Å². The molecule has 0 radical (unpaired) electrons. The second-order valence-electron chi connectivity index (χ2n) is 4.16. The van der Waals surface area contributed by atoms with Crippen LogP contribution in [0.25, 0.3) is 16.6 Å². The first-order chi connectivity index (χ1) is 9.30. The third kappa shape index (κ3) is 2.81. The average Bonchev–Trinajstić information content (AvgIpc) is 2.91. The molecule has 0 aliphatic heterocycles. The molecule has 5 nitrogen and oxygen atoms in total. The van der Waals surface area contributed by atoms with Crippen molar-refractivity contribution in [2.24, 2.45) is 4.99 Å². The van der Waals surface area contributed by atoms with Crippen molar-refractivity contribution in [3.05, 3.63) is 30.5 Å². The van der Waals surface area contributed by atoms with Crippen LogP contribution in [0.1, 0.15) is 19.5 Å². The Labute approximate surface area is 113 Å². The first-order valence-electron chi connectivity index (χ1n) is 6.46. The van der Waals surface area contributed by atoms with Gasteiger partial charge >= 0.3 is 0 Å². The molecule has 0 bridgehead atoms. The highest BCUT2D eigenvalue weighted by molar-refractivity contribution is 6.13. The van der Waals surface area contributed by atoms with E-state index >= 15 is 0 Å². The van der Waals surface area contributed by atoms with Crippen LogP contribution in [0.3, 0.4) is 0 Å². The maximum Gasteiger partial charge on any atom is 0.141 e. The number of allylic oxidation sites excluding steroid dienone is 1. The summed E-state index contributed by atoms with van der Waals surface area (Å²) in [5.41, 5.74) is 2.75. The number of H-pyrrole nitrogens is 1. The van der Waals surface area contributed by atoms with Crippen molar-refractivity contribution in [2.45, 2.75) is 13.8 Å². The quantitative estimate of drug-likeness (QED) is 0.836. The third-order valence-corrected chi connectivity index (χ3v) is 3.03. The molecule has 2 rings (SSSR count). The van der Waals surface area contributed by atoms with E-state index in [9.17, 15) is 0 Å². The second-order valence-corrected chi connectivity index (χ2v) is 4.16. The monoisotopic (exact) mass is 257 g/mol. The van der Waals surface area contributed by atoms with Gasteiger partial charge in [-0.3, -0.25) is 4.99 Å². The maximum absolute atomic E-state index is 4.40. The molecule has 2 aromatic heterocycles. The molecule has 2 aromatic rings. The number of fused-ring (bicyclic) bond motifs is 1. The van der Waals surface area contributed by atoms with Gasteiger partial charge in [0.1, 0.15) is 12.0 Å². The van der Waals surface area contributed by atoms with Gasteiger partial charge in [0.2, 0.25) is 0 Å². The molecule has 0 amide bonds. The molecule has 100 valence electrons. The highest BCUT2D eigenvalue weighted by Crippen LogP contribution is 2.20. The summed E-state index contributed by atoms with van der Waals surface area (Å²) >= 11 is 0. The molecule has 19 heavy (non-hydrogen) atoms. The zero-order chi connectivity index (χ0) is 13.7. The van der Waals surface area contributed by atoms with Crippen molar-refractivity contribution in [2.75, 3.05) is 20.1 Å². The first-order valence-corrected chi connectivity index (χ1v) is 6.46. The van der Waals surface area contributed by atoms with Crippen LogP contribution in [0.4, 0.5) is 0 Å².